The van der Waals surface area contributed by atoms with Gasteiger partial charge in [0.1, 0.15) is 0 Å². The second-order valence-corrected chi connectivity index (χ2v) is 16.6. The Balaban J connectivity index is 1.19. The molecule has 0 spiro atoms. The third kappa shape index (κ3) is 3.73. The highest BCUT2D eigenvalue weighted by Crippen LogP contribution is 2.47. The zero-order valence-electron chi connectivity index (χ0n) is 28.9. The zero-order chi connectivity index (χ0) is 35.1. The fraction of sp³-hybridized carbons (Fsp3) is 0. The lowest BCUT2D eigenvalue weighted by Crippen LogP contribution is -2.00. The maximum absolute atomic E-state index is 2.52. The molecule has 0 bridgehead atoms. The summed E-state index contributed by atoms with van der Waals surface area (Å²) in [4.78, 5) is 0. The number of para-hydroxylation sites is 2. The summed E-state index contributed by atoms with van der Waals surface area (Å²) in [6.07, 6.45) is 0. The van der Waals surface area contributed by atoms with Gasteiger partial charge in [-0.2, -0.15) is 0 Å². The summed E-state index contributed by atoms with van der Waals surface area (Å²) in [5, 5.41) is 15.5. The molecule has 0 atom stereocenters. The van der Waals surface area contributed by atoms with Gasteiger partial charge in [0.15, 0.2) is 0 Å². The predicted octanol–water partition coefficient (Wildman–Crippen LogP) is 14.9. The molecule has 0 aliphatic carbocycles. The highest BCUT2D eigenvalue weighted by atomic mass is 32.1. The summed E-state index contributed by atoms with van der Waals surface area (Å²) in [5.74, 6) is 0. The molecular formula is C50H28N2S2. The molecule has 0 saturated carbocycles. The number of benzene rings is 9. The number of hydrogen-bond donors (Lipinski definition) is 0. The van der Waals surface area contributed by atoms with Crippen molar-refractivity contribution >= 4 is 128 Å². The quantitative estimate of drug-likeness (QED) is 0.157. The van der Waals surface area contributed by atoms with Crippen molar-refractivity contribution in [3.8, 4) is 11.4 Å². The molecule has 0 unspecified atom stereocenters. The van der Waals surface area contributed by atoms with E-state index in [0.29, 0.717) is 0 Å². The van der Waals surface area contributed by atoms with Gasteiger partial charge in [0, 0.05) is 72.7 Å². The summed E-state index contributed by atoms with van der Waals surface area (Å²) in [7, 11) is 0. The average molecular weight is 721 g/mol. The van der Waals surface area contributed by atoms with E-state index in [2.05, 4.69) is 179 Å². The van der Waals surface area contributed by atoms with Gasteiger partial charge >= 0.3 is 0 Å². The third-order valence-corrected chi connectivity index (χ3v) is 13.9. The smallest absolute Gasteiger partial charge is 0.0548 e. The van der Waals surface area contributed by atoms with Gasteiger partial charge in [0.25, 0.3) is 0 Å². The van der Waals surface area contributed by atoms with Crippen LogP contribution >= 0.6 is 22.7 Å². The van der Waals surface area contributed by atoms with Crippen molar-refractivity contribution in [2.45, 2.75) is 0 Å². The molecule has 0 fully saturated rings. The Morgan fingerprint density at radius 3 is 1.17 bits per heavy atom. The minimum absolute atomic E-state index is 1.19. The van der Waals surface area contributed by atoms with E-state index in [4.69, 9.17) is 0 Å². The molecule has 0 saturated heterocycles. The van der Waals surface area contributed by atoms with Gasteiger partial charge in [-0.3, -0.25) is 0 Å². The van der Waals surface area contributed by atoms with Crippen LogP contribution in [0.1, 0.15) is 0 Å². The molecule has 2 nitrogen and oxygen atoms in total. The first-order valence-corrected chi connectivity index (χ1v) is 20.1. The monoisotopic (exact) mass is 720 g/mol. The standard InChI is InChI=1S/C50H28N2S2/c1-2-12-30-28-36-35(27-29(30)11-1)39(51-37-17-7-3-13-31(37)47-41(51)23-25-45-49(47)33-15-5-9-19-43(33)53-45)21-22-40(36)52-38-18-8-4-14-32(38)48-42(52)24-26-46-50(48)34-16-6-10-20-44(34)54-46/h1-28H. The fourth-order valence-electron chi connectivity index (χ4n) is 9.46. The first-order valence-electron chi connectivity index (χ1n) is 18.4. The van der Waals surface area contributed by atoms with E-state index in [-0.39, 0.29) is 0 Å². The van der Waals surface area contributed by atoms with Gasteiger partial charge in [0.2, 0.25) is 0 Å². The number of aromatic nitrogens is 2. The van der Waals surface area contributed by atoms with Crippen molar-refractivity contribution in [2.24, 2.45) is 0 Å². The van der Waals surface area contributed by atoms with Gasteiger partial charge in [-0.1, -0.05) is 97.1 Å². The van der Waals surface area contributed by atoms with Crippen LogP contribution in [0.5, 0.6) is 0 Å². The molecule has 13 aromatic rings. The van der Waals surface area contributed by atoms with E-state index >= 15 is 0 Å². The Labute approximate surface area is 316 Å². The third-order valence-electron chi connectivity index (χ3n) is 11.7. The van der Waals surface area contributed by atoms with Crippen LogP contribution in [0.4, 0.5) is 0 Å². The summed E-state index contributed by atoms with van der Waals surface area (Å²) in [6.45, 7) is 0. The van der Waals surface area contributed by atoms with Gasteiger partial charge in [-0.25, -0.2) is 0 Å². The number of hydrogen-bond acceptors (Lipinski definition) is 2. The first kappa shape index (κ1) is 29.0. The van der Waals surface area contributed by atoms with Crippen molar-refractivity contribution in [3.63, 3.8) is 0 Å². The van der Waals surface area contributed by atoms with E-state index in [9.17, 15) is 0 Å². The van der Waals surface area contributed by atoms with Crippen molar-refractivity contribution < 1.29 is 0 Å². The Hall–Kier alpha value is -6.46. The van der Waals surface area contributed by atoms with Crippen molar-refractivity contribution in [1.29, 1.82) is 0 Å². The molecule has 9 aromatic carbocycles. The van der Waals surface area contributed by atoms with Gasteiger partial charge in [-0.05, 0) is 83.6 Å². The second-order valence-electron chi connectivity index (χ2n) is 14.4. The number of thiophene rings is 2. The summed E-state index contributed by atoms with van der Waals surface area (Å²) in [6, 6.07) is 63.4. The minimum Gasteiger partial charge on any atom is -0.309 e. The second kappa shape index (κ2) is 10.6. The summed E-state index contributed by atoms with van der Waals surface area (Å²) in [5.41, 5.74) is 7.30. The highest BCUT2D eigenvalue weighted by Gasteiger charge is 2.22. The molecule has 4 heteroatoms. The summed E-state index contributed by atoms with van der Waals surface area (Å²) >= 11 is 3.77. The molecule has 4 heterocycles. The molecule has 0 aliphatic heterocycles. The maximum Gasteiger partial charge on any atom is 0.0548 e. The van der Waals surface area contributed by atoms with Crippen molar-refractivity contribution in [3.05, 3.63) is 170 Å². The topological polar surface area (TPSA) is 9.86 Å². The van der Waals surface area contributed by atoms with Crippen LogP contribution < -0.4 is 0 Å². The van der Waals surface area contributed by atoms with Gasteiger partial charge in [0.05, 0.1) is 33.4 Å². The fourth-order valence-corrected chi connectivity index (χ4v) is 11.7. The van der Waals surface area contributed by atoms with Crippen LogP contribution in [0, 0.1) is 0 Å². The highest BCUT2D eigenvalue weighted by molar-refractivity contribution is 7.26. The van der Waals surface area contributed by atoms with E-state index < -0.39 is 0 Å². The maximum atomic E-state index is 2.52. The zero-order valence-corrected chi connectivity index (χ0v) is 30.5. The SMILES string of the molecule is c1ccc2cc3c(-n4c5ccccc5c5c6c(ccc54)sc4ccccc46)ccc(-n4c5ccccc5c5c6c(ccc54)sc4ccccc46)c3cc2c1. The number of rotatable bonds is 2. The largest absolute Gasteiger partial charge is 0.309 e. The van der Waals surface area contributed by atoms with Gasteiger partial charge < -0.3 is 9.13 Å². The molecule has 0 amide bonds. The molecule has 0 N–H and O–H groups in total. The first-order chi connectivity index (χ1) is 26.8. The molecule has 0 radical (unpaired) electrons. The lowest BCUT2D eigenvalue weighted by Gasteiger charge is -2.17. The average Bonchev–Trinajstić information content (AvgIpc) is 3.97. The van der Waals surface area contributed by atoms with Crippen LogP contribution in [-0.4, -0.2) is 9.13 Å². The Bertz CT molecular complexity index is 3490. The molecular weight excluding hydrogens is 693 g/mol. The number of nitrogens with zero attached hydrogens (tertiary/aromatic N) is 2. The van der Waals surface area contributed by atoms with Crippen LogP contribution in [0.3, 0.4) is 0 Å². The molecule has 13 rings (SSSR count). The Morgan fingerprint density at radius 1 is 0.278 bits per heavy atom. The minimum atomic E-state index is 1.19. The molecule has 54 heavy (non-hydrogen) atoms. The predicted molar refractivity (Wildman–Crippen MR) is 236 cm³/mol. The molecule has 0 aliphatic rings. The Kier molecular flexibility index (Phi) is 5.69. The lowest BCUT2D eigenvalue weighted by molar-refractivity contribution is 1.17. The van der Waals surface area contributed by atoms with E-state index in [1.807, 2.05) is 22.7 Å². The normalized spacial score (nSPS) is 12.4. The van der Waals surface area contributed by atoms with Crippen LogP contribution in [0.25, 0.3) is 117 Å². The van der Waals surface area contributed by atoms with E-state index in [0.717, 1.165) is 0 Å². The van der Waals surface area contributed by atoms with Crippen LogP contribution in [0.2, 0.25) is 0 Å². The Morgan fingerprint density at radius 2 is 0.685 bits per heavy atom. The lowest BCUT2D eigenvalue weighted by atomic mass is 10.00. The van der Waals surface area contributed by atoms with E-state index in [1.165, 1.54) is 117 Å². The molecule has 250 valence electrons. The van der Waals surface area contributed by atoms with Crippen molar-refractivity contribution in [1.82, 2.24) is 9.13 Å². The van der Waals surface area contributed by atoms with Crippen LogP contribution in [-0.2, 0) is 0 Å². The summed E-state index contributed by atoms with van der Waals surface area (Å²) < 4.78 is 10.4. The van der Waals surface area contributed by atoms with Gasteiger partial charge in [-0.15, -0.1) is 22.7 Å². The van der Waals surface area contributed by atoms with Crippen molar-refractivity contribution in [2.75, 3.05) is 0 Å². The van der Waals surface area contributed by atoms with Crippen LogP contribution in [0.15, 0.2) is 170 Å². The van der Waals surface area contributed by atoms with E-state index in [1.54, 1.807) is 0 Å². The number of fused-ring (bicyclic) bond motifs is 16. The molecule has 4 aromatic heterocycles.